The fourth-order valence-corrected chi connectivity index (χ4v) is 21.1. The Labute approximate surface area is 861 Å². The van der Waals surface area contributed by atoms with E-state index in [0.29, 0.717) is 25.7 Å². The van der Waals surface area contributed by atoms with Gasteiger partial charge in [-0.15, -0.1) is 0 Å². The second-order valence-corrected chi connectivity index (χ2v) is 42.4. The minimum atomic E-state index is -5.21. The number of aromatic nitrogens is 2. The number of nitrogens with zero attached hydrogens (tertiary/aromatic N) is 6. The normalized spacial score (nSPS) is 15.0. The van der Waals surface area contributed by atoms with E-state index in [1.807, 2.05) is 12.1 Å². The average Bonchev–Trinajstić information content (AvgIpc) is 0.789. The Bertz CT molecular complexity index is 6190. The van der Waals surface area contributed by atoms with Gasteiger partial charge in [0.1, 0.15) is 64.8 Å². The van der Waals surface area contributed by atoms with E-state index >= 15 is 0 Å². The van der Waals surface area contributed by atoms with Crippen LogP contribution in [0.3, 0.4) is 0 Å². The van der Waals surface area contributed by atoms with Crippen LogP contribution >= 0.6 is 0 Å². The molecule has 2 aromatic heterocycles. The van der Waals surface area contributed by atoms with Crippen LogP contribution in [0.5, 0.6) is 11.5 Å². The fourth-order valence-electron chi connectivity index (χ4n) is 16.6. The number of aryl methyl sites for hydroxylation is 10. The lowest BCUT2D eigenvalue weighted by molar-refractivity contribution is -0.140. The topological polar surface area (TPSA) is 731 Å². The summed E-state index contributed by atoms with van der Waals surface area (Å²) in [5.74, 6) is -16.6. The molecule has 9 rings (SSSR count). The molecule has 5 heterocycles. The molecule has 3 aliphatic heterocycles. The van der Waals surface area contributed by atoms with Crippen LogP contribution in [0.4, 0.5) is 11.6 Å². The van der Waals surface area contributed by atoms with Gasteiger partial charge in [0.05, 0.1) is 49.2 Å². The summed E-state index contributed by atoms with van der Waals surface area (Å²) < 4.78 is 141. The van der Waals surface area contributed by atoms with Crippen LogP contribution in [0, 0.1) is 27.7 Å². The standard InChI is InChI=1S/C95H129N19O31S4/c1-59-47-71(48-60(2)85(59)148(140,141)103-52-74(94(130)131)108-90(126)68-21-15-64(16-22-68)18-26-70-28-24-66-10-6-32-99-88(66)105-70)144-45-7-11-79(116)97-34-36-101-92(128)77(58-147(137,138)139)109-93(129)73(106-81(118)53-111-37-39-112(54-82(119)120)41-43-114(56-84(123)124)44-42-113(40-38-111)55-83(121)122)29-30-80(117)107-76(57-146(134,135)136)91(127)100-35-33-96-78(115)12-8-46-145-72-49-61(3)86(62(4)50-72)149(142,143)110-75(95(132)133)51-102-89(125)67-19-13-63(14-20-67)17-25-69-27-23-65-9-5-31-98-87(65)104-69/h13-16,19-24,27-28,47-50,73-77,103,110H,5-12,17-18,25-26,29-46,51-58H2,1-4H3,(H,96,115)(H,97,116)(H,98,104)(H,99,105)(H,100,127)(H,101,128)(H,102,125)(H,106,118)(H,107,117)(H,108,126)(H,109,129)(H,119,120)(H,121,122)(H,123,124)(H,130,131)(H,132,133)(H,134,135,136)(H,137,138,139)/t73?,74-,75-,76-,77-/m0/s1. The highest BCUT2D eigenvalue weighted by atomic mass is 32.2. The number of fused-ring (bicyclic) bond motifs is 2. The van der Waals surface area contributed by atoms with Crippen LogP contribution in [0.2, 0.25) is 0 Å². The van der Waals surface area contributed by atoms with Crippen molar-refractivity contribution >= 4 is 135 Å². The number of pyridine rings is 2. The zero-order chi connectivity index (χ0) is 109. The summed E-state index contributed by atoms with van der Waals surface area (Å²) in [6.45, 7) is 1.61. The number of carboxylic acids is 5. The molecule has 9 amide bonds. The number of sulfonamides is 2. The summed E-state index contributed by atoms with van der Waals surface area (Å²) in [7, 11) is -19.3. The maximum absolute atomic E-state index is 14.5. The first kappa shape index (κ1) is 119. The van der Waals surface area contributed by atoms with E-state index in [0.717, 1.165) is 78.5 Å². The van der Waals surface area contributed by atoms with Crippen molar-refractivity contribution in [3.8, 4) is 11.5 Å². The van der Waals surface area contributed by atoms with E-state index in [-0.39, 0.29) is 159 Å². The number of anilines is 2. The van der Waals surface area contributed by atoms with E-state index in [9.17, 15) is 135 Å². The number of benzene rings is 4. The van der Waals surface area contributed by atoms with Gasteiger partial charge in [-0.25, -0.2) is 36.3 Å². The van der Waals surface area contributed by atoms with Gasteiger partial charge in [-0.1, -0.05) is 36.4 Å². The molecular weight excluding hydrogens is 2030 g/mol. The van der Waals surface area contributed by atoms with Crippen molar-refractivity contribution in [3.05, 3.63) is 164 Å². The lowest BCUT2D eigenvalue weighted by atomic mass is 10.0. The molecule has 50 nitrogen and oxygen atoms in total. The number of carbonyl (C=O) groups is 14. The number of hydrogen-bond donors (Lipinski definition) is 20. The molecule has 0 aliphatic carbocycles. The Kier molecular flexibility index (Phi) is 45.7. The molecule has 6 aromatic rings. The third-order valence-electron chi connectivity index (χ3n) is 24.1. The third kappa shape index (κ3) is 41.1. The zero-order valence-electron chi connectivity index (χ0n) is 82.7. The van der Waals surface area contributed by atoms with Gasteiger partial charge in [0.2, 0.25) is 61.4 Å². The number of nitrogens with one attached hydrogen (secondary N) is 13. The SMILES string of the molecule is Cc1cc(OCCCC(=O)NCCNC(=O)[C@H](CS(=O)(=O)O)NC(=O)C(CCC(=O)N[C@@H](CS(=O)(=O)O)C(=O)NCCNC(=O)CCCOc2cc(C)c(S(=O)(=O)N[C@@H](CNC(=O)c3ccc(CCc4ccc5c(n4)NCCC5)cc3)C(=O)O)c(C)c2)NC(=O)CN2CCN(CC(=O)O)CCN(CC(=O)O)CCN(CC(=O)O)CC2)cc(C)c1S(=O)(=O)NC[C@H](NC(=O)c1ccc(CCc2ccc3c(n2)NCCC3)cc1)C(=O)O. The second-order valence-electron chi connectivity index (χ2n) is 36.1. The van der Waals surface area contributed by atoms with Gasteiger partial charge < -0.3 is 93.5 Å². The van der Waals surface area contributed by atoms with Gasteiger partial charge in [-0.3, -0.25) is 91.0 Å². The number of carboxylic acid groups (broad SMARTS) is 5. The fraction of sp³-hybridized carbons (Fsp3) is 0.495. The smallest absolute Gasteiger partial charge is 0.327 e. The van der Waals surface area contributed by atoms with Crippen LogP contribution in [-0.4, -0.2) is 367 Å². The van der Waals surface area contributed by atoms with Crippen LogP contribution < -0.4 is 77.4 Å². The van der Waals surface area contributed by atoms with Crippen molar-refractivity contribution < 1.29 is 145 Å². The summed E-state index contributed by atoms with van der Waals surface area (Å²) >= 11 is 0. The molecule has 1 unspecified atom stereocenters. The van der Waals surface area contributed by atoms with E-state index in [1.54, 1.807) is 36.4 Å². The van der Waals surface area contributed by atoms with Crippen LogP contribution in [-0.2, 0) is 136 Å². The van der Waals surface area contributed by atoms with Crippen LogP contribution in [0.25, 0.3) is 0 Å². The maximum atomic E-state index is 14.5. The Hall–Kier alpha value is -13.6. The van der Waals surface area contributed by atoms with E-state index in [1.165, 1.54) is 89.3 Å². The molecule has 0 spiro atoms. The first-order chi connectivity index (χ1) is 70.5. The van der Waals surface area contributed by atoms with Crippen molar-refractivity contribution in [1.82, 2.24) is 86.9 Å². The zero-order valence-corrected chi connectivity index (χ0v) is 86.0. The molecule has 0 bridgehead atoms. The molecule has 5 atom stereocenters. The molecule has 20 N–H and O–H groups in total. The van der Waals surface area contributed by atoms with Crippen molar-refractivity contribution in [1.29, 1.82) is 0 Å². The Balaban J connectivity index is 0.750. The molecule has 3 aliphatic rings. The molecule has 1 saturated heterocycles. The van der Waals surface area contributed by atoms with Crippen molar-refractivity contribution in [2.45, 2.75) is 158 Å². The first-order valence-corrected chi connectivity index (χ1v) is 54.3. The van der Waals surface area contributed by atoms with Gasteiger partial charge in [-0.2, -0.15) is 21.6 Å². The predicted molar refractivity (Wildman–Crippen MR) is 538 cm³/mol. The third-order valence-corrected chi connectivity index (χ3v) is 29.1. The summed E-state index contributed by atoms with van der Waals surface area (Å²) in [6, 6.07) is 17.0. The molecule has 0 radical (unpaired) electrons. The van der Waals surface area contributed by atoms with E-state index in [2.05, 4.69) is 80.1 Å². The number of carbonyl (C=O) groups excluding carboxylic acids is 9. The molecule has 149 heavy (non-hydrogen) atoms. The highest BCUT2D eigenvalue weighted by Gasteiger charge is 2.36. The number of amides is 9. The summed E-state index contributed by atoms with van der Waals surface area (Å²) in [6.07, 6.45) is 4.48. The Morgan fingerprint density at radius 3 is 1.19 bits per heavy atom. The molecule has 4 aromatic carbocycles. The minimum absolute atomic E-state index is 0.00611. The molecule has 814 valence electrons. The highest BCUT2D eigenvalue weighted by molar-refractivity contribution is 7.90. The van der Waals surface area contributed by atoms with Gasteiger partial charge in [0, 0.05) is 146 Å². The van der Waals surface area contributed by atoms with Crippen molar-refractivity contribution in [2.24, 2.45) is 0 Å². The lowest BCUT2D eigenvalue weighted by Gasteiger charge is -2.33. The maximum Gasteiger partial charge on any atom is 0.327 e. The van der Waals surface area contributed by atoms with E-state index in [4.69, 9.17) is 19.4 Å². The first-order valence-electron chi connectivity index (χ1n) is 48.1. The summed E-state index contributed by atoms with van der Waals surface area (Å²) in [5, 5.41) is 77.0. The van der Waals surface area contributed by atoms with Gasteiger partial charge in [-0.05, 0) is 203 Å². The molecule has 1 fully saturated rings. The predicted octanol–water partition coefficient (Wildman–Crippen LogP) is -1.71. The average molecular weight is 2160 g/mol. The van der Waals surface area contributed by atoms with Crippen LogP contribution in [0.15, 0.2) is 107 Å². The monoisotopic (exact) mass is 2160 g/mol. The number of ether oxygens (including phenoxy) is 2. The largest absolute Gasteiger partial charge is 0.494 e. The van der Waals surface area contributed by atoms with Crippen LogP contribution in [0.1, 0.15) is 128 Å². The summed E-state index contributed by atoms with van der Waals surface area (Å²) in [5.41, 5.74) is 7.00. The lowest BCUT2D eigenvalue weighted by Crippen LogP contribution is -2.57. The van der Waals surface area contributed by atoms with Crippen molar-refractivity contribution in [2.75, 3.05) is 166 Å². The molecule has 0 saturated carbocycles. The van der Waals surface area contributed by atoms with Gasteiger partial charge in [0.25, 0.3) is 32.1 Å². The Morgan fingerprint density at radius 1 is 0.396 bits per heavy atom. The van der Waals surface area contributed by atoms with Crippen molar-refractivity contribution in [3.63, 3.8) is 0 Å². The van der Waals surface area contributed by atoms with Gasteiger partial charge >= 0.3 is 29.8 Å². The second kappa shape index (κ2) is 57.3. The molecular formula is C95H129N19O31S4. The highest BCUT2D eigenvalue weighted by Crippen LogP contribution is 2.30. The molecule has 54 heteroatoms. The number of rotatable bonds is 57. The number of hydrogen-bond acceptors (Lipinski definition) is 32. The van der Waals surface area contributed by atoms with Gasteiger partial charge in [0.15, 0.2) is 0 Å². The van der Waals surface area contributed by atoms with E-state index < -0.39 is 230 Å². The summed E-state index contributed by atoms with van der Waals surface area (Å²) in [4.78, 5) is 198. The minimum Gasteiger partial charge on any atom is -0.494 e. The quantitative estimate of drug-likeness (QED) is 0.0149. The Morgan fingerprint density at radius 2 is 0.785 bits per heavy atom. The number of aliphatic carboxylic acids is 5.